The fourth-order valence-corrected chi connectivity index (χ4v) is 12.3. The third-order valence-electron chi connectivity index (χ3n) is 15.9. The molecule has 0 aromatic heterocycles. The molecule has 0 amide bonds. The van der Waals surface area contributed by atoms with Crippen molar-refractivity contribution in [2.75, 3.05) is 4.90 Å². The minimum atomic E-state index is 0.758. The maximum atomic E-state index is 4.76. The number of anilines is 2. The Morgan fingerprint density at radius 1 is 0.351 bits per heavy atom. The second-order valence-electron chi connectivity index (χ2n) is 20.4. The molecule has 1 heteroatoms. The minimum Gasteiger partial charge on any atom is -0.311 e. The summed E-state index contributed by atoms with van der Waals surface area (Å²) in [7, 11) is 0. The third kappa shape index (κ3) is 8.04. The number of nitrogens with zero attached hydrogens (tertiary/aromatic N) is 1. The predicted octanol–water partition coefficient (Wildman–Crippen LogP) is 21.2. The van der Waals surface area contributed by atoms with E-state index in [-0.39, 0.29) is 0 Å². The van der Waals surface area contributed by atoms with Gasteiger partial charge < -0.3 is 4.90 Å². The summed E-state index contributed by atoms with van der Waals surface area (Å²) < 4.78 is 0. The van der Waals surface area contributed by atoms with E-state index in [1.54, 1.807) is 0 Å². The van der Waals surface area contributed by atoms with E-state index in [1.807, 2.05) is 0 Å². The highest BCUT2D eigenvalue weighted by molar-refractivity contribution is 6.23. The van der Waals surface area contributed by atoms with E-state index >= 15 is 0 Å². The number of hydrogen-bond acceptors (Lipinski definition) is 1. The number of allylic oxidation sites excluding steroid dienone is 6. The molecule has 0 saturated carbocycles. The summed E-state index contributed by atoms with van der Waals surface area (Å²) in [6, 6.07) is 93.8. The van der Waals surface area contributed by atoms with Gasteiger partial charge in [-0.25, -0.2) is 0 Å². The van der Waals surface area contributed by atoms with Gasteiger partial charge in [-0.2, -0.15) is 0 Å². The molecule has 0 aliphatic heterocycles. The number of rotatable bonds is 9. The van der Waals surface area contributed by atoms with Crippen molar-refractivity contribution in [3.8, 4) is 44.5 Å². The number of hydrogen-bond donors (Lipinski definition) is 0. The molecule has 0 N–H and O–H groups in total. The largest absolute Gasteiger partial charge is 0.311 e. The number of aryl methyl sites for hydroxylation is 1. The topological polar surface area (TPSA) is 3.24 Å². The van der Waals surface area contributed by atoms with Crippen LogP contribution in [0.5, 0.6) is 0 Å². The molecular weight excluding hydrogens is 927 g/mol. The molecule has 0 radical (unpaired) electrons. The van der Waals surface area contributed by atoms with Crippen molar-refractivity contribution < 1.29 is 0 Å². The molecule has 0 spiro atoms. The van der Waals surface area contributed by atoms with Crippen LogP contribution in [0.1, 0.15) is 17.5 Å². The fourth-order valence-electron chi connectivity index (χ4n) is 12.3. The highest BCUT2D eigenvalue weighted by Crippen LogP contribution is 2.48. The summed E-state index contributed by atoms with van der Waals surface area (Å²) in [5.41, 5.74) is 17.7. The summed E-state index contributed by atoms with van der Waals surface area (Å²) in [4.78, 5) is 2.30. The average molecular weight is 980 g/mol. The third-order valence-corrected chi connectivity index (χ3v) is 15.9. The van der Waals surface area contributed by atoms with Gasteiger partial charge in [0.1, 0.15) is 0 Å². The molecular formula is C76H53N. The van der Waals surface area contributed by atoms with E-state index in [1.165, 1.54) is 131 Å². The second kappa shape index (κ2) is 19.1. The normalized spacial score (nSPS) is 12.6. The molecule has 14 rings (SSSR count). The van der Waals surface area contributed by atoms with Gasteiger partial charge in [-0.1, -0.05) is 243 Å². The van der Waals surface area contributed by atoms with E-state index in [0.29, 0.717) is 0 Å². The molecule has 0 unspecified atom stereocenters. The summed E-state index contributed by atoms with van der Waals surface area (Å²) in [5, 5.41) is 14.8. The molecule has 362 valence electrons. The Morgan fingerprint density at radius 3 is 1.40 bits per heavy atom. The lowest BCUT2D eigenvalue weighted by Crippen LogP contribution is -2.18. The summed E-state index contributed by atoms with van der Waals surface area (Å²) in [5.74, 6) is 0. The van der Waals surface area contributed by atoms with Crippen molar-refractivity contribution in [2.45, 2.75) is 13.3 Å². The quantitative estimate of drug-likeness (QED) is 0.130. The molecule has 13 aromatic carbocycles. The van der Waals surface area contributed by atoms with Crippen LogP contribution in [0.3, 0.4) is 0 Å². The Hall–Kier alpha value is -9.82. The van der Waals surface area contributed by atoms with Crippen LogP contribution in [-0.2, 0) is 0 Å². The summed E-state index contributed by atoms with van der Waals surface area (Å²) in [6.07, 6.45) is 9.97. The van der Waals surface area contributed by atoms with Gasteiger partial charge in [-0.15, -0.1) is 0 Å². The lowest BCUT2D eigenvalue weighted by atomic mass is 9.83. The zero-order valence-corrected chi connectivity index (χ0v) is 42.9. The van der Waals surface area contributed by atoms with Crippen molar-refractivity contribution in [3.63, 3.8) is 0 Å². The molecule has 77 heavy (non-hydrogen) atoms. The first-order valence-electron chi connectivity index (χ1n) is 26.7. The lowest BCUT2D eigenvalue weighted by Gasteiger charge is -2.29. The van der Waals surface area contributed by atoms with Crippen LogP contribution in [0.2, 0.25) is 0 Å². The fraction of sp³-hybridized carbons (Fsp3) is 0.0263. The van der Waals surface area contributed by atoms with Crippen LogP contribution in [0, 0.1) is 6.92 Å². The van der Waals surface area contributed by atoms with Gasteiger partial charge in [-0.3, -0.25) is 0 Å². The number of benzene rings is 13. The van der Waals surface area contributed by atoms with Crippen molar-refractivity contribution in [1.82, 2.24) is 0 Å². The van der Waals surface area contributed by atoms with Gasteiger partial charge in [0.15, 0.2) is 0 Å². The molecule has 13 aromatic rings. The molecule has 0 heterocycles. The van der Waals surface area contributed by atoms with Gasteiger partial charge in [0.25, 0.3) is 0 Å². The smallest absolute Gasteiger partial charge is 0.0490 e. The van der Waals surface area contributed by atoms with Gasteiger partial charge in [-0.05, 0) is 187 Å². The number of fused-ring (bicyclic) bond motifs is 6. The Balaban J connectivity index is 0.921. The van der Waals surface area contributed by atoms with Crippen LogP contribution in [-0.4, -0.2) is 0 Å². The van der Waals surface area contributed by atoms with Crippen LogP contribution in [0.4, 0.5) is 11.4 Å². The maximum Gasteiger partial charge on any atom is 0.0490 e. The Labute approximate surface area is 450 Å². The van der Waals surface area contributed by atoms with Crippen molar-refractivity contribution in [2.24, 2.45) is 0 Å². The second-order valence-corrected chi connectivity index (χ2v) is 20.4. The molecule has 0 fully saturated rings. The van der Waals surface area contributed by atoms with Crippen LogP contribution >= 0.6 is 0 Å². The molecule has 0 saturated heterocycles. The first-order valence-corrected chi connectivity index (χ1v) is 26.7. The van der Waals surface area contributed by atoms with Gasteiger partial charge >= 0.3 is 0 Å². The van der Waals surface area contributed by atoms with Gasteiger partial charge in [0.2, 0.25) is 0 Å². The van der Waals surface area contributed by atoms with E-state index in [0.717, 1.165) is 23.5 Å². The SMILES string of the molecule is C=C(C1=CC=C(c2c3ccccc3c(-c3cccc(-c4ccc5c(-c6ccc7ccccc7c6)c6ccccc6c(-c6ccc7ccccc7c6)c5c4)c3)c3ccccc23)C=CC1)N(c1ccccc1)c1ccccc1C. The van der Waals surface area contributed by atoms with Gasteiger partial charge in [0, 0.05) is 17.1 Å². The monoisotopic (exact) mass is 979 g/mol. The standard InChI is InChI=1S/C76H53N/c1-50-20-6-17-37-72(50)77(63-29-4-3-5-30-63)51(2)52-25-18-26-55(41-38-52)73-64-31-11-13-33-66(64)74(67-34-14-12-32-65(67)73)60-28-19-27-58(48-60)59-44-45-70-71(49-59)76(62-43-40-54-22-8-10-24-57(54)47-62)69-36-16-15-35-68(69)75(70)61-42-39-53-21-7-9-23-56(53)46-61/h3-24,26-49H,2,25H2,1H3. The van der Waals surface area contributed by atoms with Crippen molar-refractivity contribution >= 4 is 81.6 Å². The highest BCUT2D eigenvalue weighted by Gasteiger charge is 2.22. The van der Waals surface area contributed by atoms with E-state index in [2.05, 4.69) is 291 Å². The van der Waals surface area contributed by atoms with Crippen LogP contribution < -0.4 is 4.90 Å². The molecule has 0 atom stereocenters. The Bertz CT molecular complexity index is 4570. The first-order chi connectivity index (χ1) is 38.0. The minimum absolute atomic E-state index is 0.758. The predicted molar refractivity (Wildman–Crippen MR) is 332 cm³/mol. The Kier molecular flexibility index (Phi) is 11.4. The zero-order valence-electron chi connectivity index (χ0n) is 42.9. The Morgan fingerprint density at radius 2 is 0.805 bits per heavy atom. The molecule has 1 nitrogen and oxygen atoms in total. The van der Waals surface area contributed by atoms with E-state index in [4.69, 9.17) is 6.58 Å². The average Bonchev–Trinajstić information content (AvgIpc) is 3.77. The van der Waals surface area contributed by atoms with Crippen molar-refractivity contribution in [1.29, 1.82) is 0 Å². The highest BCUT2D eigenvalue weighted by atomic mass is 15.1. The van der Waals surface area contributed by atoms with E-state index < -0.39 is 0 Å². The number of para-hydroxylation sites is 2. The summed E-state index contributed by atoms with van der Waals surface area (Å²) >= 11 is 0. The van der Waals surface area contributed by atoms with Crippen LogP contribution in [0.25, 0.3) is 115 Å². The van der Waals surface area contributed by atoms with Crippen molar-refractivity contribution in [3.05, 3.63) is 308 Å². The first kappa shape index (κ1) is 45.8. The van der Waals surface area contributed by atoms with E-state index in [9.17, 15) is 0 Å². The zero-order chi connectivity index (χ0) is 51.4. The maximum absolute atomic E-state index is 4.76. The van der Waals surface area contributed by atoms with Crippen LogP contribution in [0.15, 0.2) is 297 Å². The van der Waals surface area contributed by atoms with Gasteiger partial charge in [0.05, 0.1) is 0 Å². The molecule has 1 aliphatic rings. The molecule has 0 bridgehead atoms. The lowest BCUT2D eigenvalue weighted by molar-refractivity contribution is 1.11. The summed E-state index contributed by atoms with van der Waals surface area (Å²) in [6.45, 7) is 6.93. The molecule has 1 aliphatic carbocycles.